The second-order valence-electron chi connectivity index (χ2n) is 4.17. The molecule has 1 aliphatic heterocycles. The van der Waals surface area contributed by atoms with Crippen molar-refractivity contribution in [2.24, 2.45) is 0 Å². The van der Waals surface area contributed by atoms with Crippen LogP contribution in [0.25, 0.3) is 0 Å². The summed E-state index contributed by atoms with van der Waals surface area (Å²) in [6.45, 7) is 0.229. The smallest absolute Gasteiger partial charge is 0.338 e. The Bertz CT molecular complexity index is 295. The van der Waals surface area contributed by atoms with Crippen LogP contribution in [0, 0.1) is 0 Å². The molecular weight excluding hydrogens is 236 g/mol. The highest BCUT2D eigenvalue weighted by Gasteiger charge is 2.56. The summed E-state index contributed by atoms with van der Waals surface area (Å²) in [5.74, 6) is -1.55. The van der Waals surface area contributed by atoms with Crippen molar-refractivity contribution >= 4 is 5.97 Å². The van der Waals surface area contributed by atoms with Gasteiger partial charge in [0.15, 0.2) is 5.60 Å². The molecule has 6 atom stereocenters. The van der Waals surface area contributed by atoms with Gasteiger partial charge in [0.1, 0.15) is 30.5 Å². The summed E-state index contributed by atoms with van der Waals surface area (Å²) in [6, 6.07) is 0. The molecule has 6 N–H and O–H groups in total. The van der Waals surface area contributed by atoms with Gasteiger partial charge in [-0.2, -0.15) is 0 Å². The first-order valence-corrected chi connectivity index (χ1v) is 5.00. The third-order valence-corrected chi connectivity index (χ3v) is 2.95. The van der Waals surface area contributed by atoms with Crippen LogP contribution < -0.4 is 0 Å². The Labute approximate surface area is 96.7 Å². The minimum Gasteiger partial charge on any atom is -0.479 e. The number of aliphatic hydroxyl groups is 5. The Hall–Kier alpha value is -0.770. The topological polar surface area (TPSA) is 148 Å². The van der Waals surface area contributed by atoms with E-state index in [2.05, 4.69) is 0 Å². The fourth-order valence-electron chi connectivity index (χ4n) is 1.72. The second-order valence-corrected chi connectivity index (χ2v) is 4.17. The number of hydrogen-bond donors (Lipinski definition) is 6. The van der Waals surface area contributed by atoms with E-state index in [9.17, 15) is 25.2 Å². The molecular formula is C9H16O8. The van der Waals surface area contributed by atoms with E-state index in [-0.39, 0.29) is 0 Å². The van der Waals surface area contributed by atoms with Crippen LogP contribution in [0.15, 0.2) is 0 Å². The molecule has 0 radical (unpaired) electrons. The molecule has 0 aromatic carbocycles. The number of carboxylic acid groups (broad SMARTS) is 1. The lowest BCUT2D eigenvalue weighted by Crippen LogP contribution is -2.68. The third-order valence-electron chi connectivity index (χ3n) is 2.95. The van der Waals surface area contributed by atoms with Gasteiger partial charge in [0.2, 0.25) is 0 Å². The van der Waals surface area contributed by atoms with Gasteiger partial charge in [0, 0.05) is 0 Å². The summed E-state index contributed by atoms with van der Waals surface area (Å²) in [5, 5.41) is 55.6. The van der Waals surface area contributed by atoms with Gasteiger partial charge in [0.25, 0.3) is 0 Å². The molecule has 8 nitrogen and oxygen atoms in total. The number of carboxylic acids is 1. The molecule has 1 fully saturated rings. The molecule has 0 saturated carbocycles. The predicted octanol–water partition coefficient (Wildman–Crippen LogP) is -3.34. The first-order chi connectivity index (χ1) is 7.75. The first kappa shape index (κ1) is 14.3. The summed E-state index contributed by atoms with van der Waals surface area (Å²) in [7, 11) is 0. The van der Waals surface area contributed by atoms with E-state index in [4.69, 9.17) is 14.9 Å². The van der Waals surface area contributed by atoms with Gasteiger partial charge in [-0.3, -0.25) is 0 Å². The Balaban J connectivity index is 3.02. The highest BCUT2D eigenvalue weighted by Crippen LogP contribution is 2.31. The lowest BCUT2D eigenvalue weighted by atomic mass is 9.84. The Kier molecular flexibility index (Phi) is 4.07. The number of carbonyl (C=O) groups is 1. The van der Waals surface area contributed by atoms with Crippen LogP contribution in [0.5, 0.6) is 0 Å². The molecule has 0 spiro atoms. The molecule has 0 aromatic rings. The van der Waals surface area contributed by atoms with E-state index >= 15 is 0 Å². The van der Waals surface area contributed by atoms with Crippen molar-refractivity contribution in [2.45, 2.75) is 43.0 Å². The van der Waals surface area contributed by atoms with Crippen LogP contribution in [-0.4, -0.2) is 79.3 Å². The normalized spacial score (nSPS) is 44.4. The summed E-state index contributed by atoms with van der Waals surface area (Å²) < 4.78 is 4.91. The molecule has 100 valence electrons. The molecule has 0 amide bonds. The highest BCUT2D eigenvalue weighted by atomic mass is 16.6. The van der Waals surface area contributed by atoms with Crippen LogP contribution in [0.1, 0.15) is 6.92 Å². The minimum absolute atomic E-state index is 0.778. The standard InChI is InChI=1S/C9H16O8/c1-9(8(15)16)7(14)5(13)4(12)6(17-9)3(11)2-10/h3-7,10-14H,2H2,1H3,(H,15,16)/t3-,4?,5?,6?,7-,9?/m1/s1. The average Bonchev–Trinajstić information content (AvgIpc) is 2.30. The maximum absolute atomic E-state index is 11.0. The van der Waals surface area contributed by atoms with Gasteiger partial charge in [-0.25, -0.2) is 4.79 Å². The Morgan fingerprint density at radius 3 is 2.29 bits per heavy atom. The Morgan fingerprint density at radius 1 is 1.35 bits per heavy atom. The third kappa shape index (κ3) is 2.28. The maximum Gasteiger partial charge on any atom is 0.338 e. The summed E-state index contributed by atoms with van der Waals surface area (Å²) >= 11 is 0. The molecule has 1 heterocycles. The zero-order valence-electron chi connectivity index (χ0n) is 9.09. The quantitative estimate of drug-likeness (QED) is 0.305. The van der Waals surface area contributed by atoms with Gasteiger partial charge in [-0.15, -0.1) is 0 Å². The van der Waals surface area contributed by atoms with Gasteiger partial charge in [-0.1, -0.05) is 0 Å². The molecule has 0 aliphatic carbocycles. The van der Waals surface area contributed by atoms with Gasteiger partial charge in [-0.05, 0) is 6.92 Å². The molecule has 0 bridgehead atoms. The van der Waals surface area contributed by atoms with Gasteiger partial charge in [0.05, 0.1) is 6.61 Å². The van der Waals surface area contributed by atoms with Crippen molar-refractivity contribution in [3.8, 4) is 0 Å². The molecule has 1 saturated heterocycles. The van der Waals surface area contributed by atoms with E-state index < -0.39 is 48.7 Å². The summed E-state index contributed by atoms with van der Waals surface area (Å²) in [6.07, 6.45) is -8.40. The first-order valence-electron chi connectivity index (χ1n) is 5.00. The van der Waals surface area contributed by atoms with E-state index in [1.54, 1.807) is 0 Å². The number of aliphatic hydroxyl groups excluding tert-OH is 5. The molecule has 1 aliphatic rings. The van der Waals surface area contributed by atoms with Crippen LogP contribution in [0.3, 0.4) is 0 Å². The van der Waals surface area contributed by atoms with Gasteiger partial charge < -0.3 is 35.4 Å². The van der Waals surface area contributed by atoms with E-state index in [1.807, 2.05) is 0 Å². The van der Waals surface area contributed by atoms with Crippen molar-refractivity contribution in [1.29, 1.82) is 0 Å². The lowest BCUT2D eigenvalue weighted by Gasteiger charge is -2.45. The van der Waals surface area contributed by atoms with Crippen molar-refractivity contribution in [3.63, 3.8) is 0 Å². The zero-order chi connectivity index (χ0) is 13.4. The van der Waals surface area contributed by atoms with Crippen molar-refractivity contribution in [1.82, 2.24) is 0 Å². The molecule has 17 heavy (non-hydrogen) atoms. The van der Waals surface area contributed by atoms with Crippen LogP contribution in [0.2, 0.25) is 0 Å². The van der Waals surface area contributed by atoms with Crippen LogP contribution >= 0.6 is 0 Å². The van der Waals surface area contributed by atoms with Crippen molar-refractivity contribution < 1.29 is 40.2 Å². The van der Waals surface area contributed by atoms with E-state index in [0.717, 1.165) is 6.92 Å². The second kappa shape index (κ2) is 4.84. The highest BCUT2D eigenvalue weighted by molar-refractivity contribution is 5.78. The maximum atomic E-state index is 11.0. The molecule has 0 aromatic heterocycles. The number of aliphatic carboxylic acids is 1. The zero-order valence-corrected chi connectivity index (χ0v) is 9.09. The number of rotatable bonds is 3. The fourth-order valence-corrected chi connectivity index (χ4v) is 1.72. The van der Waals surface area contributed by atoms with Crippen LogP contribution in [0.4, 0.5) is 0 Å². The van der Waals surface area contributed by atoms with Crippen molar-refractivity contribution in [2.75, 3.05) is 6.61 Å². The molecule has 4 unspecified atom stereocenters. The van der Waals surface area contributed by atoms with Crippen molar-refractivity contribution in [3.05, 3.63) is 0 Å². The molecule has 8 heteroatoms. The van der Waals surface area contributed by atoms with E-state index in [0.29, 0.717) is 0 Å². The molecule has 1 rings (SSSR count). The van der Waals surface area contributed by atoms with Crippen LogP contribution in [-0.2, 0) is 9.53 Å². The Morgan fingerprint density at radius 2 is 1.88 bits per heavy atom. The summed E-state index contributed by atoms with van der Waals surface area (Å²) in [4.78, 5) is 11.0. The number of ether oxygens (including phenoxy) is 1. The SMILES string of the molecule is CC1(C(=O)O)OC([C@H](O)CO)C(O)C(O)[C@H]1O. The largest absolute Gasteiger partial charge is 0.479 e. The fraction of sp³-hybridized carbons (Fsp3) is 0.889. The number of hydrogen-bond acceptors (Lipinski definition) is 7. The van der Waals surface area contributed by atoms with Gasteiger partial charge >= 0.3 is 5.97 Å². The monoisotopic (exact) mass is 252 g/mol. The minimum atomic E-state index is -2.17. The predicted molar refractivity (Wildman–Crippen MR) is 52.0 cm³/mol. The summed E-state index contributed by atoms with van der Waals surface area (Å²) in [5.41, 5.74) is -2.17. The van der Waals surface area contributed by atoms with E-state index in [1.165, 1.54) is 0 Å². The average molecular weight is 252 g/mol. The lowest BCUT2D eigenvalue weighted by molar-refractivity contribution is -0.279.